The summed E-state index contributed by atoms with van der Waals surface area (Å²) < 4.78 is 0. The predicted molar refractivity (Wildman–Crippen MR) is 52.1 cm³/mol. The SMILES string of the molecule is Cc1cc(CCl)cc(C)c1[N+](=O)[O-]. The van der Waals surface area contributed by atoms with Crippen LogP contribution in [-0.4, -0.2) is 4.92 Å². The summed E-state index contributed by atoms with van der Waals surface area (Å²) in [5, 5.41) is 10.6. The van der Waals surface area contributed by atoms with Gasteiger partial charge in [-0.2, -0.15) is 0 Å². The van der Waals surface area contributed by atoms with Crippen molar-refractivity contribution in [3.05, 3.63) is 38.9 Å². The van der Waals surface area contributed by atoms with E-state index in [1.54, 1.807) is 26.0 Å². The van der Waals surface area contributed by atoms with Crippen LogP contribution in [0, 0.1) is 24.0 Å². The number of benzene rings is 1. The summed E-state index contributed by atoms with van der Waals surface area (Å²) in [6.45, 7) is 3.45. The maximum absolute atomic E-state index is 10.6. The minimum Gasteiger partial charge on any atom is -0.258 e. The Morgan fingerprint density at radius 3 is 2.15 bits per heavy atom. The third-order valence-corrected chi connectivity index (χ3v) is 2.20. The molecule has 0 aromatic heterocycles. The van der Waals surface area contributed by atoms with Crippen LogP contribution in [0.15, 0.2) is 12.1 Å². The molecule has 0 fully saturated rings. The van der Waals surface area contributed by atoms with Crippen LogP contribution in [0.5, 0.6) is 0 Å². The van der Waals surface area contributed by atoms with Gasteiger partial charge < -0.3 is 0 Å². The first-order chi connectivity index (χ1) is 6.06. The topological polar surface area (TPSA) is 43.1 Å². The predicted octanol–water partition coefficient (Wildman–Crippen LogP) is 2.95. The molecule has 0 amide bonds. The van der Waals surface area contributed by atoms with Crippen LogP contribution < -0.4 is 0 Å². The Bertz CT molecular complexity index is 326. The van der Waals surface area contributed by atoms with E-state index in [1.165, 1.54) is 0 Å². The standard InChI is InChI=1S/C9H10ClNO2/c1-6-3-8(5-10)4-7(2)9(6)11(12)13/h3-4H,5H2,1-2H3. The Balaban J connectivity index is 3.31. The van der Waals surface area contributed by atoms with E-state index in [1.807, 2.05) is 0 Å². The van der Waals surface area contributed by atoms with E-state index in [4.69, 9.17) is 11.6 Å². The van der Waals surface area contributed by atoms with Gasteiger partial charge in [-0.05, 0) is 31.5 Å². The number of halogens is 1. The number of nitro benzene ring substituents is 1. The zero-order chi connectivity index (χ0) is 10.0. The second-order valence-corrected chi connectivity index (χ2v) is 3.24. The van der Waals surface area contributed by atoms with Crippen LogP contribution in [0.3, 0.4) is 0 Å². The molecular weight excluding hydrogens is 190 g/mol. The van der Waals surface area contributed by atoms with Crippen molar-refractivity contribution in [3.63, 3.8) is 0 Å². The van der Waals surface area contributed by atoms with Crippen molar-refractivity contribution in [2.24, 2.45) is 0 Å². The van der Waals surface area contributed by atoms with Gasteiger partial charge >= 0.3 is 0 Å². The Morgan fingerprint density at radius 2 is 1.85 bits per heavy atom. The molecule has 0 saturated heterocycles. The van der Waals surface area contributed by atoms with Gasteiger partial charge in [0.05, 0.1) is 4.92 Å². The first-order valence-corrected chi connectivity index (χ1v) is 4.40. The zero-order valence-corrected chi connectivity index (χ0v) is 8.26. The van der Waals surface area contributed by atoms with Crippen LogP contribution in [0.1, 0.15) is 16.7 Å². The van der Waals surface area contributed by atoms with E-state index >= 15 is 0 Å². The lowest BCUT2D eigenvalue weighted by atomic mass is 10.1. The summed E-state index contributed by atoms with van der Waals surface area (Å²) in [7, 11) is 0. The fourth-order valence-corrected chi connectivity index (χ4v) is 1.57. The number of hydrogen-bond acceptors (Lipinski definition) is 2. The zero-order valence-electron chi connectivity index (χ0n) is 7.50. The Kier molecular flexibility index (Phi) is 2.88. The third kappa shape index (κ3) is 1.98. The molecule has 0 aliphatic heterocycles. The Hall–Kier alpha value is -1.09. The molecule has 13 heavy (non-hydrogen) atoms. The summed E-state index contributed by atoms with van der Waals surface area (Å²) in [6.07, 6.45) is 0. The maximum Gasteiger partial charge on any atom is 0.275 e. The summed E-state index contributed by atoms with van der Waals surface area (Å²) >= 11 is 5.63. The van der Waals surface area contributed by atoms with Gasteiger partial charge in [0.1, 0.15) is 0 Å². The molecule has 1 aromatic rings. The molecule has 0 aliphatic carbocycles. The molecule has 1 rings (SSSR count). The first kappa shape index (κ1) is 9.99. The number of hydrogen-bond donors (Lipinski definition) is 0. The molecule has 3 nitrogen and oxygen atoms in total. The van der Waals surface area contributed by atoms with E-state index in [-0.39, 0.29) is 10.6 Å². The van der Waals surface area contributed by atoms with Crippen molar-refractivity contribution >= 4 is 17.3 Å². The molecule has 0 unspecified atom stereocenters. The largest absolute Gasteiger partial charge is 0.275 e. The van der Waals surface area contributed by atoms with Gasteiger partial charge in [0.15, 0.2) is 0 Å². The average Bonchev–Trinajstić information content (AvgIpc) is 2.02. The van der Waals surface area contributed by atoms with Gasteiger partial charge in [0.2, 0.25) is 0 Å². The lowest BCUT2D eigenvalue weighted by Crippen LogP contribution is -1.96. The smallest absolute Gasteiger partial charge is 0.258 e. The van der Waals surface area contributed by atoms with Crippen LogP contribution in [0.25, 0.3) is 0 Å². The normalized spacial score (nSPS) is 10.1. The highest BCUT2D eigenvalue weighted by atomic mass is 35.5. The van der Waals surface area contributed by atoms with Gasteiger partial charge in [0, 0.05) is 17.0 Å². The van der Waals surface area contributed by atoms with Crippen molar-refractivity contribution in [1.29, 1.82) is 0 Å². The molecule has 0 aliphatic rings. The van der Waals surface area contributed by atoms with Gasteiger partial charge in [0.25, 0.3) is 5.69 Å². The van der Waals surface area contributed by atoms with Gasteiger partial charge in [-0.3, -0.25) is 10.1 Å². The summed E-state index contributed by atoms with van der Waals surface area (Å²) in [4.78, 5) is 10.3. The monoisotopic (exact) mass is 199 g/mol. The van der Waals surface area contributed by atoms with E-state index < -0.39 is 0 Å². The molecule has 0 bridgehead atoms. The highest BCUT2D eigenvalue weighted by Crippen LogP contribution is 2.24. The summed E-state index contributed by atoms with van der Waals surface area (Å²) in [5.74, 6) is 0.389. The van der Waals surface area contributed by atoms with Crippen LogP contribution in [0.2, 0.25) is 0 Å². The van der Waals surface area contributed by atoms with Gasteiger partial charge in [-0.15, -0.1) is 11.6 Å². The first-order valence-electron chi connectivity index (χ1n) is 3.86. The Morgan fingerprint density at radius 1 is 1.38 bits per heavy atom. The molecule has 0 saturated carbocycles. The van der Waals surface area contributed by atoms with Crippen molar-refractivity contribution in [2.45, 2.75) is 19.7 Å². The maximum atomic E-state index is 10.6. The number of aryl methyl sites for hydroxylation is 2. The summed E-state index contributed by atoms with van der Waals surface area (Å²) in [6, 6.07) is 3.50. The molecule has 1 aromatic carbocycles. The fraction of sp³-hybridized carbons (Fsp3) is 0.333. The minimum atomic E-state index is -0.358. The highest BCUT2D eigenvalue weighted by Gasteiger charge is 2.14. The molecule has 4 heteroatoms. The lowest BCUT2D eigenvalue weighted by Gasteiger charge is -2.03. The number of nitro groups is 1. The van der Waals surface area contributed by atoms with Crippen molar-refractivity contribution in [2.75, 3.05) is 0 Å². The van der Waals surface area contributed by atoms with E-state index in [0.29, 0.717) is 17.0 Å². The Labute approximate surface area is 81.5 Å². The quantitative estimate of drug-likeness (QED) is 0.418. The fourth-order valence-electron chi connectivity index (χ4n) is 1.41. The molecule has 0 radical (unpaired) electrons. The summed E-state index contributed by atoms with van der Waals surface area (Å²) in [5.41, 5.74) is 2.44. The molecule has 0 N–H and O–H groups in total. The van der Waals surface area contributed by atoms with Crippen LogP contribution in [0.4, 0.5) is 5.69 Å². The van der Waals surface area contributed by atoms with Crippen molar-refractivity contribution in [3.8, 4) is 0 Å². The molecular formula is C9H10ClNO2. The lowest BCUT2D eigenvalue weighted by molar-refractivity contribution is -0.386. The third-order valence-electron chi connectivity index (χ3n) is 1.89. The molecule has 0 heterocycles. The molecule has 0 atom stereocenters. The van der Waals surface area contributed by atoms with E-state index in [2.05, 4.69) is 0 Å². The van der Waals surface area contributed by atoms with Crippen molar-refractivity contribution < 1.29 is 4.92 Å². The second-order valence-electron chi connectivity index (χ2n) is 2.97. The molecule has 0 spiro atoms. The van der Waals surface area contributed by atoms with Gasteiger partial charge in [-0.1, -0.05) is 0 Å². The van der Waals surface area contributed by atoms with E-state index in [9.17, 15) is 10.1 Å². The highest BCUT2D eigenvalue weighted by molar-refractivity contribution is 6.17. The van der Waals surface area contributed by atoms with Crippen LogP contribution in [-0.2, 0) is 5.88 Å². The minimum absolute atomic E-state index is 0.189. The van der Waals surface area contributed by atoms with Crippen LogP contribution >= 0.6 is 11.6 Å². The van der Waals surface area contributed by atoms with E-state index in [0.717, 1.165) is 5.56 Å². The van der Waals surface area contributed by atoms with Crippen molar-refractivity contribution in [1.82, 2.24) is 0 Å². The molecule has 70 valence electrons. The number of nitrogens with zero attached hydrogens (tertiary/aromatic N) is 1. The number of rotatable bonds is 2. The van der Waals surface area contributed by atoms with Gasteiger partial charge in [-0.25, -0.2) is 0 Å². The second kappa shape index (κ2) is 3.75. The number of alkyl halides is 1. The average molecular weight is 200 g/mol.